The normalized spacial score (nSPS) is 17.1. The summed E-state index contributed by atoms with van der Waals surface area (Å²) in [4.78, 5) is 13.9. The summed E-state index contributed by atoms with van der Waals surface area (Å²) in [6, 6.07) is 6.35. The summed E-state index contributed by atoms with van der Waals surface area (Å²) in [6.07, 6.45) is 3.94. The minimum Gasteiger partial charge on any atom is -0.493 e. The van der Waals surface area contributed by atoms with Gasteiger partial charge in [0.2, 0.25) is 5.91 Å². The van der Waals surface area contributed by atoms with E-state index >= 15 is 0 Å². The summed E-state index contributed by atoms with van der Waals surface area (Å²) in [5, 5.41) is 3.36. The minimum atomic E-state index is 0.289. The highest BCUT2D eigenvalue weighted by molar-refractivity contribution is 5.76. The van der Waals surface area contributed by atoms with E-state index in [0.29, 0.717) is 6.42 Å². The van der Waals surface area contributed by atoms with E-state index in [0.717, 1.165) is 57.8 Å². The molecule has 2 aliphatic rings. The second kappa shape index (κ2) is 6.27. The number of carbonyl (C=O) groups excluding carboxylic acids is 1. The van der Waals surface area contributed by atoms with Gasteiger partial charge < -0.3 is 15.0 Å². The summed E-state index contributed by atoms with van der Waals surface area (Å²) in [5.41, 5.74) is 2.57. The molecule has 0 radical (unpaired) electrons. The molecule has 3 rings (SSSR count). The van der Waals surface area contributed by atoms with Gasteiger partial charge in [0.05, 0.1) is 6.61 Å². The Labute approximate surface area is 120 Å². The van der Waals surface area contributed by atoms with Gasteiger partial charge in [0.1, 0.15) is 5.75 Å². The van der Waals surface area contributed by atoms with Crippen LogP contribution >= 0.6 is 0 Å². The third kappa shape index (κ3) is 3.12. The zero-order valence-corrected chi connectivity index (χ0v) is 11.9. The Morgan fingerprint density at radius 3 is 3.00 bits per heavy atom. The van der Waals surface area contributed by atoms with Crippen LogP contribution in [0.3, 0.4) is 0 Å². The van der Waals surface area contributed by atoms with E-state index in [-0.39, 0.29) is 5.91 Å². The molecule has 20 heavy (non-hydrogen) atoms. The molecule has 0 atom stereocenters. The molecule has 1 N–H and O–H groups in total. The van der Waals surface area contributed by atoms with Gasteiger partial charge >= 0.3 is 0 Å². The van der Waals surface area contributed by atoms with Crippen molar-refractivity contribution in [2.45, 2.75) is 32.2 Å². The first-order valence-corrected chi connectivity index (χ1v) is 7.56. The molecule has 4 nitrogen and oxygen atoms in total. The fraction of sp³-hybridized carbons (Fsp3) is 0.562. The lowest BCUT2D eigenvalue weighted by molar-refractivity contribution is -0.130. The number of rotatable bonds is 5. The molecule has 0 bridgehead atoms. The molecule has 0 aromatic heterocycles. The first kappa shape index (κ1) is 13.4. The van der Waals surface area contributed by atoms with Crippen LogP contribution in [0.4, 0.5) is 0 Å². The van der Waals surface area contributed by atoms with E-state index in [9.17, 15) is 4.79 Å². The van der Waals surface area contributed by atoms with Gasteiger partial charge in [-0.15, -0.1) is 0 Å². The van der Waals surface area contributed by atoms with Crippen molar-refractivity contribution in [3.8, 4) is 5.75 Å². The topological polar surface area (TPSA) is 41.6 Å². The van der Waals surface area contributed by atoms with Crippen LogP contribution in [0.25, 0.3) is 0 Å². The van der Waals surface area contributed by atoms with Gasteiger partial charge in [0, 0.05) is 39.0 Å². The van der Waals surface area contributed by atoms with Crippen LogP contribution < -0.4 is 10.1 Å². The number of amides is 1. The molecule has 4 heteroatoms. The first-order valence-electron chi connectivity index (χ1n) is 7.56. The molecular formula is C16H22N2O2. The van der Waals surface area contributed by atoms with Crippen LogP contribution in [0.1, 0.15) is 30.4 Å². The van der Waals surface area contributed by atoms with Crippen molar-refractivity contribution in [3.63, 3.8) is 0 Å². The number of fused-ring (bicyclic) bond motifs is 1. The molecule has 0 spiro atoms. The van der Waals surface area contributed by atoms with Gasteiger partial charge in [-0.1, -0.05) is 12.1 Å². The lowest BCUT2D eigenvalue weighted by Gasteiger charge is -2.15. The van der Waals surface area contributed by atoms with E-state index in [1.54, 1.807) is 0 Å². The molecule has 0 unspecified atom stereocenters. The molecule has 1 aromatic rings. The van der Waals surface area contributed by atoms with Crippen molar-refractivity contribution < 1.29 is 9.53 Å². The third-order valence-corrected chi connectivity index (χ3v) is 4.06. The maximum Gasteiger partial charge on any atom is 0.223 e. The fourth-order valence-electron chi connectivity index (χ4n) is 2.90. The van der Waals surface area contributed by atoms with E-state index < -0.39 is 0 Å². The van der Waals surface area contributed by atoms with Gasteiger partial charge in [-0.2, -0.15) is 0 Å². The predicted octanol–water partition coefficient (Wildman–Crippen LogP) is 1.72. The summed E-state index contributed by atoms with van der Waals surface area (Å²) < 4.78 is 5.50. The van der Waals surface area contributed by atoms with Crippen molar-refractivity contribution in [2.75, 3.05) is 26.2 Å². The lowest BCUT2D eigenvalue weighted by atomic mass is 10.1. The average molecular weight is 274 g/mol. The summed E-state index contributed by atoms with van der Waals surface area (Å²) in [7, 11) is 0. The maximum absolute atomic E-state index is 11.9. The van der Waals surface area contributed by atoms with Gasteiger partial charge in [-0.25, -0.2) is 0 Å². The Bertz CT molecular complexity index is 481. The van der Waals surface area contributed by atoms with Crippen LogP contribution in [-0.4, -0.2) is 37.0 Å². The third-order valence-electron chi connectivity index (χ3n) is 4.06. The molecule has 108 valence electrons. The smallest absolute Gasteiger partial charge is 0.223 e. The summed E-state index contributed by atoms with van der Waals surface area (Å²) >= 11 is 0. The Hall–Kier alpha value is -1.55. The molecule has 2 aliphatic heterocycles. The number of hydrogen-bond acceptors (Lipinski definition) is 3. The van der Waals surface area contributed by atoms with Gasteiger partial charge in [0.25, 0.3) is 0 Å². The quantitative estimate of drug-likeness (QED) is 0.831. The Balaban J connectivity index is 1.40. The van der Waals surface area contributed by atoms with Crippen LogP contribution in [0, 0.1) is 0 Å². The second-order valence-corrected chi connectivity index (χ2v) is 5.56. The van der Waals surface area contributed by atoms with Crippen molar-refractivity contribution in [3.05, 3.63) is 29.3 Å². The molecule has 0 saturated carbocycles. The minimum absolute atomic E-state index is 0.289. The van der Waals surface area contributed by atoms with Crippen molar-refractivity contribution in [1.29, 1.82) is 0 Å². The molecule has 1 fully saturated rings. The van der Waals surface area contributed by atoms with Crippen LogP contribution in [-0.2, 0) is 17.8 Å². The van der Waals surface area contributed by atoms with Gasteiger partial charge in [-0.05, 0) is 30.0 Å². The Morgan fingerprint density at radius 1 is 1.30 bits per heavy atom. The molecule has 0 aliphatic carbocycles. The van der Waals surface area contributed by atoms with Crippen molar-refractivity contribution in [1.82, 2.24) is 10.2 Å². The fourth-order valence-corrected chi connectivity index (χ4v) is 2.90. The Kier molecular flexibility index (Phi) is 4.21. The highest BCUT2D eigenvalue weighted by Gasteiger charge is 2.17. The van der Waals surface area contributed by atoms with Crippen LogP contribution in [0.5, 0.6) is 5.75 Å². The summed E-state index contributed by atoms with van der Waals surface area (Å²) in [5.74, 6) is 1.32. The number of benzene rings is 1. The predicted molar refractivity (Wildman–Crippen MR) is 77.8 cm³/mol. The second-order valence-electron chi connectivity index (χ2n) is 5.56. The number of likely N-dealkylation sites (tertiary alicyclic amines) is 1. The van der Waals surface area contributed by atoms with Crippen LogP contribution in [0.15, 0.2) is 18.2 Å². The number of ether oxygens (including phenoxy) is 1. The monoisotopic (exact) mass is 274 g/mol. The number of carbonyl (C=O) groups is 1. The van der Waals surface area contributed by atoms with E-state index in [1.807, 2.05) is 4.90 Å². The van der Waals surface area contributed by atoms with Gasteiger partial charge in [0.15, 0.2) is 0 Å². The highest BCUT2D eigenvalue weighted by Crippen LogP contribution is 2.25. The molecular weight excluding hydrogens is 252 g/mol. The number of hydrogen-bond donors (Lipinski definition) is 1. The lowest BCUT2D eigenvalue weighted by Crippen LogP contribution is -2.30. The van der Waals surface area contributed by atoms with E-state index in [1.165, 1.54) is 11.1 Å². The summed E-state index contributed by atoms with van der Waals surface area (Å²) in [6.45, 7) is 4.27. The number of nitrogens with zero attached hydrogens (tertiary/aromatic N) is 1. The molecule has 2 heterocycles. The zero-order chi connectivity index (χ0) is 13.8. The van der Waals surface area contributed by atoms with Gasteiger partial charge in [-0.3, -0.25) is 4.79 Å². The molecule has 1 saturated heterocycles. The Morgan fingerprint density at radius 2 is 2.15 bits per heavy atom. The largest absolute Gasteiger partial charge is 0.493 e. The highest BCUT2D eigenvalue weighted by atomic mass is 16.5. The van der Waals surface area contributed by atoms with Crippen molar-refractivity contribution in [2.24, 2.45) is 0 Å². The van der Waals surface area contributed by atoms with E-state index in [4.69, 9.17) is 4.74 Å². The average Bonchev–Trinajstić information content (AvgIpc) is 3.13. The standard InChI is InChI=1S/C16H22N2O2/c19-16(18-8-1-2-9-18)5-7-17-12-13-3-4-15-14(11-13)6-10-20-15/h3-4,11,17H,1-2,5-10,12H2. The van der Waals surface area contributed by atoms with Crippen LogP contribution in [0.2, 0.25) is 0 Å². The van der Waals surface area contributed by atoms with Crippen molar-refractivity contribution >= 4 is 5.91 Å². The zero-order valence-electron chi connectivity index (χ0n) is 11.9. The maximum atomic E-state index is 11.9. The molecule has 1 aromatic carbocycles. The first-order chi connectivity index (χ1) is 9.83. The SMILES string of the molecule is O=C(CCNCc1ccc2c(c1)CCO2)N1CCCC1. The van der Waals surface area contributed by atoms with E-state index in [2.05, 4.69) is 23.5 Å². The molecule has 1 amide bonds. The number of nitrogens with one attached hydrogen (secondary N) is 1.